The number of phenolic OH excluding ortho intramolecular Hbond substituents is 1. The summed E-state index contributed by atoms with van der Waals surface area (Å²) in [6.07, 6.45) is 1.58. The summed E-state index contributed by atoms with van der Waals surface area (Å²) < 4.78 is 23.4. The third-order valence-electron chi connectivity index (χ3n) is 3.55. The van der Waals surface area contributed by atoms with E-state index in [1.54, 1.807) is 19.2 Å². The summed E-state index contributed by atoms with van der Waals surface area (Å²) in [5.74, 6) is 0.745. The van der Waals surface area contributed by atoms with Gasteiger partial charge >= 0.3 is 0 Å². The Morgan fingerprint density at radius 3 is 2.72 bits per heavy atom. The number of phenols is 1. The largest absolute Gasteiger partial charge is 0.508 e. The van der Waals surface area contributed by atoms with Gasteiger partial charge in [0.05, 0.1) is 11.5 Å². The van der Waals surface area contributed by atoms with Gasteiger partial charge in [-0.25, -0.2) is 8.42 Å². The number of para-hydroxylation sites is 1. The van der Waals surface area contributed by atoms with Crippen LogP contribution < -0.4 is 5.32 Å². The Balaban J connectivity index is 2.26. The third-order valence-corrected chi connectivity index (χ3v) is 5.40. The zero-order valence-electron chi connectivity index (χ0n) is 10.5. The molecule has 2 N–H and O–H groups in total. The second kappa shape index (κ2) is 5.28. The average molecular weight is 269 g/mol. The van der Waals surface area contributed by atoms with Crippen molar-refractivity contribution < 1.29 is 13.5 Å². The highest BCUT2D eigenvalue weighted by molar-refractivity contribution is 7.91. The summed E-state index contributed by atoms with van der Waals surface area (Å²) in [6.45, 7) is 0. The lowest BCUT2D eigenvalue weighted by Gasteiger charge is -2.30. The molecule has 2 unspecified atom stereocenters. The van der Waals surface area contributed by atoms with E-state index < -0.39 is 9.84 Å². The maximum Gasteiger partial charge on any atom is 0.150 e. The summed E-state index contributed by atoms with van der Waals surface area (Å²) in [5.41, 5.74) is 0.780. The molecule has 1 aliphatic heterocycles. The predicted molar refractivity (Wildman–Crippen MR) is 71.3 cm³/mol. The Hall–Kier alpha value is -1.07. The van der Waals surface area contributed by atoms with E-state index in [1.165, 1.54) is 0 Å². The molecule has 0 aliphatic carbocycles. The van der Waals surface area contributed by atoms with Crippen LogP contribution >= 0.6 is 0 Å². The highest BCUT2D eigenvalue weighted by atomic mass is 32.2. The molecule has 0 aromatic heterocycles. The number of sulfone groups is 1. The normalized spacial score (nSPS) is 24.6. The molecule has 2 rings (SSSR count). The van der Waals surface area contributed by atoms with E-state index >= 15 is 0 Å². The van der Waals surface area contributed by atoms with E-state index in [9.17, 15) is 13.5 Å². The van der Waals surface area contributed by atoms with Gasteiger partial charge in [0.1, 0.15) is 5.75 Å². The molecule has 5 heteroatoms. The number of rotatable bonds is 3. The molecule has 4 nitrogen and oxygen atoms in total. The van der Waals surface area contributed by atoms with E-state index in [4.69, 9.17) is 0 Å². The van der Waals surface area contributed by atoms with E-state index in [-0.39, 0.29) is 23.5 Å². The van der Waals surface area contributed by atoms with Gasteiger partial charge in [0.2, 0.25) is 0 Å². The minimum atomic E-state index is -2.93. The molecule has 0 bridgehead atoms. The second-order valence-corrected chi connectivity index (χ2v) is 7.07. The van der Waals surface area contributed by atoms with Crippen LogP contribution in [0.15, 0.2) is 24.3 Å². The van der Waals surface area contributed by atoms with Crippen LogP contribution in [0, 0.1) is 5.92 Å². The average Bonchev–Trinajstić information content (AvgIpc) is 2.31. The van der Waals surface area contributed by atoms with Crippen LogP contribution in [0.5, 0.6) is 5.75 Å². The van der Waals surface area contributed by atoms with E-state index in [2.05, 4.69) is 5.32 Å². The number of aromatic hydroxyl groups is 1. The van der Waals surface area contributed by atoms with Crippen molar-refractivity contribution in [3.05, 3.63) is 29.8 Å². The maximum absolute atomic E-state index is 11.7. The lowest BCUT2D eigenvalue weighted by molar-refractivity contribution is 0.358. The Morgan fingerprint density at radius 1 is 1.39 bits per heavy atom. The van der Waals surface area contributed by atoms with Crippen molar-refractivity contribution in [3.63, 3.8) is 0 Å². The Morgan fingerprint density at radius 2 is 2.11 bits per heavy atom. The van der Waals surface area contributed by atoms with Crippen molar-refractivity contribution in [1.82, 2.24) is 5.32 Å². The first-order chi connectivity index (χ1) is 8.53. The summed E-state index contributed by atoms with van der Waals surface area (Å²) in [4.78, 5) is 0. The second-order valence-electron chi connectivity index (χ2n) is 4.84. The van der Waals surface area contributed by atoms with Crippen LogP contribution in [0.3, 0.4) is 0 Å². The van der Waals surface area contributed by atoms with Crippen molar-refractivity contribution in [2.75, 3.05) is 18.6 Å². The standard InChI is InChI=1S/C13H19NO3S/c1-14-13(11-6-2-3-7-12(11)15)10-5-4-8-18(16,17)9-10/h2-3,6-7,10,13-15H,4-5,8-9H2,1H3. The van der Waals surface area contributed by atoms with Crippen LogP contribution in [-0.4, -0.2) is 32.1 Å². The monoisotopic (exact) mass is 269 g/mol. The third kappa shape index (κ3) is 2.84. The molecule has 2 atom stereocenters. The van der Waals surface area contributed by atoms with E-state index in [1.807, 2.05) is 12.1 Å². The van der Waals surface area contributed by atoms with Gasteiger partial charge in [0.15, 0.2) is 9.84 Å². The number of hydrogen-bond acceptors (Lipinski definition) is 4. The number of hydrogen-bond donors (Lipinski definition) is 2. The molecule has 0 amide bonds. The van der Waals surface area contributed by atoms with Crippen LogP contribution in [0.4, 0.5) is 0 Å². The highest BCUT2D eigenvalue weighted by Gasteiger charge is 2.31. The topological polar surface area (TPSA) is 66.4 Å². The fraction of sp³-hybridized carbons (Fsp3) is 0.538. The Bertz CT molecular complexity index is 513. The van der Waals surface area contributed by atoms with Crippen molar-refractivity contribution >= 4 is 9.84 Å². The van der Waals surface area contributed by atoms with Crippen molar-refractivity contribution in [1.29, 1.82) is 0 Å². The number of benzene rings is 1. The fourth-order valence-electron chi connectivity index (χ4n) is 2.72. The molecule has 18 heavy (non-hydrogen) atoms. The lowest BCUT2D eigenvalue weighted by Crippen LogP contribution is -2.34. The van der Waals surface area contributed by atoms with Crippen LogP contribution in [0.2, 0.25) is 0 Å². The van der Waals surface area contributed by atoms with Gasteiger partial charge in [0.25, 0.3) is 0 Å². The van der Waals surface area contributed by atoms with Gasteiger partial charge in [-0.1, -0.05) is 18.2 Å². The van der Waals surface area contributed by atoms with Gasteiger partial charge in [-0.05, 0) is 31.9 Å². The summed E-state index contributed by atoms with van der Waals surface area (Å²) in [5, 5.41) is 13.0. The zero-order valence-corrected chi connectivity index (χ0v) is 11.3. The molecule has 0 spiro atoms. The van der Waals surface area contributed by atoms with Crippen molar-refractivity contribution in [2.24, 2.45) is 5.92 Å². The van der Waals surface area contributed by atoms with Crippen LogP contribution in [0.25, 0.3) is 0 Å². The van der Waals surface area contributed by atoms with Crippen molar-refractivity contribution in [3.8, 4) is 5.75 Å². The minimum absolute atomic E-state index is 0.0297. The maximum atomic E-state index is 11.7. The molecule has 0 radical (unpaired) electrons. The molecular formula is C13H19NO3S. The number of nitrogens with one attached hydrogen (secondary N) is 1. The van der Waals surface area contributed by atoms with Gasteiger partial charge < -0.3 is 10.4 Å². The van der Waals surface area contributed by atoms with Gasteiger partial charge in [-0.15, -0.1) is 0 Å². The molecule has 0 saturated carbocycles. The summed E-state index contributed by atoms with van der Waals surface area (Å²) in [6, 6.07) is 7.00. The zero-order chi connectivity index (χ0) is 13.2. The highest BCUT2D eigenvalue weighted by Crippen LogP contribution is 2.34. The summed E-state index contributed by atoms with van der Waals surface area (Å²) in [7, 11) is -1.13. The van der Waals surface area contributed by atoms with Crippen LogP contribution in [0.1, 0.15) is 24.4 Å². The summed E-state index contributed by atoms with van der Waals surface area (Å²) >= 11 is 0. The molecule has 1 saturated heterocycles. The Kier molecular flexibility index (Phi) is 3.92. The fourth-order valence-corrected chi connectivity index (χ4v) is 4.50. The van der Waals surface area contributed by atoms with Crippen molar-refractivity contribution in [2.45, 2.75) is 18.9 Å². The molecular weight excluding hydrogens is 250 g/mol. The predicted octanol–water partition coefficient (Wildman–Crippen LogP) is 1.48. The first-order valence-electron chi connectivity index (χ1n) is 6.19. The molecule has 1 aliphatic rings. The lowest BCUT2D eigenvalue weighted by atomic mass is 9.90. The molecule has 1 fully saturated rings. The SMILES string of the molecule is CNC(c1ccccc1O)C1CCCS(=O)(=O)C1. The quantitative estimate of drug-likeness (QED) is 0.872. The smallest absolute Gasteiger partial charge is 0.150 e. The molecule has 100 valence electrons. The van der Waals surface area contributed by atoms with Gasteiger partial charge in [0, 0.05) is 11.6 Å². The van der Waals surface area contributed by atoms with Crippen LogP contribution in [-0.2, 0) is 9.84 Å². The first kappa shape index (κ1) is 13.4. The van der Waals surface area contributed by atoms with Gasteiger partial charge in [-0.3, -0.25) is 0 Å². The van der Waals surface area contributed by atoms with Gasteiger partial charge in [-0.2, -0.15) is 0 Å². The minimum Gasteiger partial charge on any atom is -0.508 e. The molecule has 1 heterocycles. The Labute approximate surface area is 108 Å². The first-order valence-corrected chi connectivity index (χ1v) is 8.01. The van der Waals surface area contributed by atoms with E-state index in [0.29, 0.717) is 12.2 Å². The molecule has 1 aromatic rings. The van der Waals surface area contributed by atoms with E-state index in [0.717, 1.165) is 12.0 Å². The molecule has 1 aromatic carbocycles.